The van der Waals surface area contributed by atoms with Crippen LogP contribution in [-0.2, 0) is 0 Å². The highest BCUT2D eigenvalue weighted by atomic mass is 35.5. The lowest BCUT2D eigenvalue weighted by Crippen LogP contribution is -2.40. The molecule has 1 saturated carbocycles. The number of nitrogens with one attached hydrogen (secondary N) is 1. The Morgan fingerprint density at radius 3 is 2.88 bits per heavy atom. The SMILES string of the molecule is CC1CN(c2ccccc2Cl)CC1NC(=O)c1cc(C2CC2)on1. The Hall–Kier alpha value is -2.01. The second kappa shape index (κ2) is 6.13. The molecule has 2 fully saturated rings. The Balaban J connectivity index is 1.42. The fourth-order valence-corrected chi connectivity index (χ4v) is 3.51. The predicted octanol–water partition coefficient (Wildman–Crippen LogP) is 3.46. The summed E-state index contributed by atoms with van der Waals surface area (Å²) in [5.41, 5.74) is 1.39. The average molecular weight is 346 g/mol. The molecular weight excluding hydrogens is 326 g/mol. The monoisotopic (exact) mass is 345 g/mol. The van der Waals surface area contributed by atoms with Crippen LogP contribution in [0.2, 0.25) is 5.02 Å². The number of carbonyl (C=O) groups is 1. The lowest BCUT2D eigenvalue weighted by atomic mass is 10.1. The lowest BCUT2D eigenvalue weighted by molar-refractivity contribution is 0.0924. The minimum Gasteiger partial charge on any atom is -0.368 e. The minimum absolute atomic E-state index is 0.0647. The molecule has 24 heavy (non-hydrogen) atoms. The van der Waals surface area contributed by atoms with Crippen molar-refractivity contribution in [2.75, 3.05) is 18.0 Å². The van der Waals surface area contributed by atoms with E-state index in [1.54, 1.807) is 6.07 Å². The predicted molar refractivity (Wildman–Crippen MR) is 92.6 cm³/mol. The van der Waals surface area contributed by atoms with Gasteiger partial charge in [0.25, 0.3) is 5.91 Å². The zero-order valence-corrected chi connectivity index (χ0v) is 14.3. The fourth-order valence-electron chi connectivity index (χ4n) is 3.26. The summed E-state index contributed by atoms with van der Waals surface area (Å²) in [4.78, 5) is 14.7. The molecule has 1 aliphatic heterocycles. The standard InChI is InChI=1S/C18H20ClN3O2/c1-11-9-22(16-5-3-2-4-13(16)19)10-15(11)20-18(23)14-8-17(24-21-14)12-6-7-12/h2-5,8,11-12,15H,6-7,9-10H2,1H3,(H,20,23). The Kier molecular flexibility index (Phi) is 3.96. The second-order valence-corrected chi connectivity index (χ2v) is 7.21. The average Bonchev–Trinajstić information content (AvgIpc) is 3.19. The highest BCUT2D eigenvalue weighted by Crippen LogP contribution is 2.40. The first-order chi connectivity index (χ1) is 11.6. The summed E-state index contributed by atoms with van der Waals surface area (Å²) in [5.74, 6) is 1.46. The van der Waals surface area contributed by atoms with Crippen LogP contribution in [0.5, 0.6) is 0 Å². The van der Waals surface area contributed by atoms with E-state index in [9.17, 15) is 4.79 Å². The van der Waals surface area contributed by atoms with Gasteiger partial charge in [0.1, 0.15) is 5.76 Å². The van der Waals surface area contributed by atoms with Gasteiger partial charge in [0.2, 0.25) is 0 Å². The third-order valence-electron chi connectivity index (χ3n) is 4.86. The van der Waals surface area contributed by atoms with Crippen LogP contribution in [0.25, 0.3) is 0 Å². The molecule has 1 N–H and O–H groups in total. The molecule has 1 aliphatic carbocycles. The van der Waals surface area contributed by atoms with Gasteiger partial charge in [-0.05, 0) is 30.9 Å². The molecular formula is C18H20ClN3O2. The van der Waals surface area contributed by atoms with Crippen molar-refractivity contribution >= 4 is 23.2 Å². The summed E-state index contributed by atoms with van der Waals surface area (Å²) in [5, 5.41) is 7.74. The van der Waals surface area contributed by atoms with Crippen LogP contribution in [0.4, 0.5) is 5.69 Å². The van der Waals surface area contributed by atoms with E-state index >= 15 is 0 Å². The summed E-state index contributed by atoms with van der Waals surface area (Å²) >= 11 is 6.29. The smallest absolute Gasteiger partial charge is 0.273 e. The van der Waals surface area contributed by atoms with E-state index in [1.165, 1.54) is 0 Å². The van der Waals surface area contributed by atoms with Crippen molar-refractivity contribution in [3.8, 4) is 0 Å². The Bertz CT molecular complexity index is 756. The van der Waals surface area contributed by atoms with Crippen molar-refractivity contribution in [2.24, 2.45) is 5.92 Å². The van der Waals surface area contributed by atoms with Gasteiger partial charge in [-0.3, -0.25) is 4.79 Å². The quantitative estimate of drug-likeness (QED) is 0.922. The molecule has 6 heteroatoms. The number of hydrogen-bond acceptors (Lipinski definition) is 4. The van der Waals surface area contributed by atoms with Crippen LogP contribution in [0.15, 0.2) is 34.9 Å². The molecule has 1 saturated heterocycles. The van der Waals surface area contributed by atoms with Crippen molar-refractivity contribution in [1.29, 1.82) is 0 Å². The van der Waals surface area contributed by atoms with Crippen LogP contribution in [0.3, 0.4) is 0 Å². The number of nitrogens with zero attached hydrogens (tertiary/aromatic N) is 2. The van der Waals surface area contributed by atoms with Crippen LogP contribution in [0.1, 0.15) is 41.9 Å². The summed E-state index contributed by atoms with van der Waals surface area (Å²) in [6, 6.07) is 9.65. The zero-order chi connectivity index (χ0) is 16.7. The fraction of sp³-hybridized carbons (Fsp3) is 0.444. The van der Waals surface area contributed by atoms with Gasteiger partial charge in [0, 0.05) is 25.1 Å². The molecule has 4 rings (SSSR count). The molecule has 5 nitrogen and oxygen atoms in total. The minimum atomic E-state index is -0.163. The van der Waals surface area contributed by atoms with Gasteiger partial charge >= 0.3 is 0 Å². The number of para-hydroxylation sites is 1. The normalized spacial score (nSPS) is 23.5. The van der Waals surface area contributed by atoms with Crippen molar-refractivity contribution in [1.82, 2.24) is 10.5 Å². The van der Waals surface area contributed by atoms with E-state index in [1.807, 2.05) is 24.3 Å². The van der Waals surface area contributed by atoms with E-state index in [4.69, 9.17) is 16.1 Å². The highest BCUT2D eigenvalue weighted by molar-refractivity contribution is 6.33. The Morgan fingerprint density at radius 2 is 2.12 bits per heavy atom. The first kappa shape index (κ1) is 15.5. The molecule has 0 spiro atoms. The van der Waals surface area contributed by atoms with Gasteiger partial charge in [-0.2, -0.15) is 0 Å². The van der Waals surface area contributed by atoms with Crippen molar-refractivity contribution in [3.63, 3.8) is 0 Å². The van der Waals surface area contributed by atoms with Gasteiger partial charge in [0.05, 0.1) is 16.8 Å². The van der Waals surface area contributed by atoms with Crippen molar-refractivity contribution in [3.05, 3.63) is 46.8 Å². The third-order valence-corrected chi connectivity index (χ3v) is 5.18. The van der Waals surface area contributed by atoms with E-state index < -0.39 is 0 Å². The van der Waals surface area contributed by atoms with Gasteiger partial charge in [-0.15, -0.1) is 0 Å². The van der Waals surface area contributed by atoms with E-state index in [0.717, 1.165) is 42.4 Å². The molecule has 2 atom stereocenters. The largest absolute Gasteiger partial charge is 0.368 e. The zero-order valence-electron chi connectivity index (χ0n) is 13.5. The van der Waals surface area contributed by atoms with E-state index in [0.29, 0.717) is 17.5 Å². The maximum Gasteiger partial charge on any atom is 0.273 e. The van der Waals surface area contributed by atoms with Gasteiger partial charge in [-0.25, -0.2) is 0 Å². The molecule has 2 aliphatic rings. The molecule has 1 amide bonds. The topological polar surface area (TPSA) is 58.4 Å². The number of hydrogen-bond donors (Lipinski definition) is 1. The number of aromatic nitrogens is 1. The van der Waals surface area contributed by atoms with Gasteiger partial charge in [0.15, 0.2) is 5.69 Å². The second-order valence-electron chi connectivity index (χ2n) is 6.80. The third kappa shape index (κ3) is 3.00. The molecule has 0 bridgehead atoms. The lowest BCUT2D eigenvalue weighted by Gasteiger charge is -2.20. The molecule has 126 valence electrons. The van der Waals surface area contributed by atoms with Crippen LogP contribution < -0.4 is 10.2 Å². The molecule has 1 aromatic heterocycles. The summed E-state index contributed by atoms with van der Waals surface area (Å²) < 4.78 is 5.27. The van der Waals surface area contributed by atoms with E-state index in [2.05, 4.69) is 22.3 Å². The van der Waals surface area contributed by atoms with E-state index in [-0.39, 0.29) is 11.9 Å². The maximum absolute atomic E-state index is 12.4. The first-order valence-electron chi connectivity index (χ1n) is 8.39. The Labute approximate surface area is 146 Å². The highest BCUT2D eigenvalue weighted by Gasteiger charge is 2.33. The molecule has 2 heterocycles. The molecule has 1 aromatic carbocycles. The van der Waals surface area contributed by atoms with Crippen LogP contribution in [0, 0.1) is 5.92 Å². The number of benzene rings is 1. The number of anilines is 1. The molecule has 2 unspecified atom stereocenters. The molecule has 0 radical (unpaired) electrons. The Morgan fingerprint density at radius 1 is 1.33 bits per heavy atom. The summed E-state index contributed by atoms with van der Waals surface area (Å²) in [6.07, 6.45) is 2.26. The number of rotatable bonds is 4. The summed E-state index contributed by atoms with van der Waals surface area (Å²) in [7, 11) is 0. The van der Waals surface area contributed by atoms with Gasteiger partial charge in [-0.1, -0.05) is 35.8 Å². The number of carbonyl (C=O) groups excluding carboxylic acids is 1. The van der Waals surface area contributed by atoms with Gasteiger partial charge < -0.3 is 14.7 Å². The number of amides is 1. The maximum atomic E-state index is 12.4. The van der Waals surface area contributed by atoms with Crippen LogP contribution >= 0.6 is 11.6 Å². The van der Waals surface area contributed by atoms with Crippen molar-refractivity contribution in [2.45, 2.75) is 31.7 Å². The molecule has 2 aromatic rings. The first-order valence-corrected chi connectivity index (χ1v) is 8.76. The van der Waals surface area contributed by atoms with Crippen molar-refractivity contribution < 1.29 is 9.32 Å². The number of halogens is 1. The summed E-state index contributed by atoms with van der Waals surface area (Å²) in [6.45, 7) is 3.74. The van der Waals surface area contributed by atoms with Crippen LogP contribution in [-0.4, -0.2) is 30.2 Å².